The van der Waals surface area contributed by atoms with E-state index in [0.29, 0.717) is 0 Å². The zero-order chi connectivity index (χ0) is 5.11. The lowest BCUT2D eigenvalue weighted by Gasteiger charge is -1.86. The first-order valence-corrected chi connectivity index (χ1v) is 2.78. The Morgan fingerprint density at radius 2 is 2.57 bits per heavy atom. The van der Waals surface area contributed by atoms with Crippen molar-refractivity contribution in [3.05, 3.63) is 25.0 Å². The molecule has 0 fully saturated rings. The summed E-state index contributed by atoms with van der Waals surface area (Å²) in [5, 5.41) is 0. The minimum absolute atomic E-state index is 1.38. The number of hydrogen-bond acceptors (Lipinski definition) is 2. The van der Waals surface area contributed by atoms with Crippen molar-refractivity contribution < 1.29 is 0 Å². The van der Waals surface area contributed by atoms with Gasteiger partial charge in [0.1, 0.15) is 6.33 Å². The van der Waals surface area contributed by atoms with Crippen LogP contribution in [-0.2, 0) is 0 Å². The van der Waals surface area contributed by atoms with Gasteiger partial charge in [-0.25, -0.2) is 4.98 Å². The van der Waals surface area contributed by atoms with Gasteiger partial charge in [0.2, 0.25) is 0 Å². The highest BCUT2D eigenvalue weighted by Gasteiger charge is 1.78. The lowest BCUT2D eigenvalue weighted by molar-refractivity contribution is 1.24. The SMILES string of the molecule is [CH2]Sn1ccnc1. The number of aromatic nitrogens is 2. The van der Waals surface area contributed by atoms with E-state index in [1.807, 2.05) is 10.2 Å². The normalized spacial score (nSPS) is 9.29. The molecule has 37 valence electrons. The average molecular weight is 113 g/mol. The Kier molecular flexibility index (Phi) is 1.36. The lowest BCUT2D eigenvalue weighted by Crippen LogP contribution is -1.72. The molecule has 0 aliphatic carbocycles. The summed E-state index contributed by atoms with van der Waals surface area (Å²) in [6, 6.07) is 0. The van der Waals surface area contributed by atoms with E-state index in [4.69, 9.17) is 0 Å². The second kappa shape index (κ2) is 2.02. The maximum absolute atomic E-state index is 3.80. The zero-order valence-corrected chi connectivity index (χ0v) is 4.56. The number of hydrogen-bond donors (Lipinski definition) is 0. The minimum Gasteiger partial charge on any atom is -0.280 e. The molecule has 0 amide bonds. The van der Waals surface area contributed by atoms with Crippen molar-refractivity contribution in [1.29, 1.82) is 0 Å². The van der Waals surface area contributed by atoms with Crippen LogP contribution in [0.2, 0.25) is 0 Å². The van der Waals surface area contributed by atoms with Gasteiger partial charge in [-0.05, 0) is 11.9 Å². The largest absolute Gasteiger partial charge is 0.280 e. The van der Waals surface area contributed by atoms with Crippen molar-refractivity contribution in [2.24, 2.45) is 0 Å². The standard InChI is InChI=1S/C4H5N2S/c1-7-6-3-2-5-4-6/h2-4H,1H2. The van der Waals surface area contributed by atoms with Crippen molar-refractivity contribution in [3.63, 3.8) is 0 Å². The van der Waals surface area contributed by atoms with E-state index < -0.39 is 0 Å². The molecule has 0 atom stereocenters. The quantitative estimate of drug-likeness (QED) is 0.544. The maximum Gasteiger partial charge on any atom is 0.105 e. The molecule has 0 aliphatic rings. The molecular weight excluding hydrogens is 108 g/mol. The molecule has 0 aliphatic heterocycles. The van der Waals surface area contributed by atoms with Gasteiger partial charge in [0.05, 0.1) is 0 Å². The third kappa shape index (κ3) is 0.962. The Hall–Kier alpha value is -0.440. The molecule has 0 saturated carbocycles. The first kappa shape index (κ1) is 4.71. The molecule has 2 nitrogen and oxygen atoms in total. The van der Waals surface area contributed by atoms with E-state index in [-0.39, 0.29) is 0 Å². The van der Waals surface area contributed by atoms with Crippen LogP contribution in [0.4, 0.5) is 0 Å². The second-order valence-electron chi connectivity index (χ2n) is 1.05. The van der Waals surface area contributed by atoms with Crippen LogP contribution in [0, 0.1) is 6.26 Å². The third-order valence-electron chi connectivity index (χ3n) is 0.629. The minimum atomic E-state index is 1.38. The summed E-state index contributed by atoms with van der Waals surface area (Å²) in [7, 11) is 0. The summed E-state index contributed by atoms with van der Waals surface area (Å²) >= 11 is 1.38. The molecule has 3 heteroatoms. The van der Waals surface area contributed by atoms with Gasteiger partial charge in [-0.1, -0.05) is 0 Å². The highest BCUT2D eigenvalue weighted by molar-refractivity contribution is 7.98. The van der Waals surface area contributed by atoms with Crippen LogP contribution in [0.1, 0.15) is 0 Å². The predicted molar refractivity (Wildman–Crippen MR) is 30.6 cm³/mol. The number of nitrogens with zero attached hydrogens (tertiary/aromatic N) is 2. The second-order valence-corrected chi connectivity index (χ2v) is 1.73. The first-order chi connectivity index (χ1) is 3.43. The van der Waals surface area contributed by atoms with E-state index in [2.05, 4.69) is 11.2 Å². The van der Waals surface area contributed by atoms with Gasteiger partial charge in [-0.15, -0.1) is 0 Å². The van der Waals surface area contributed by atoms with Crippen molar-refractivity contribution in [3.8, 4) is 0 Å². The Labute approximate surface area is 46.7 Å². The van der Waals surface area contributed by atoms with E-state index in [0.717, 1.165) is 0 Å². The van der Waals surface area contributed by atoms with Gasteiger partial charge in [-0.3, -0.25) is 3.97 Å². The Morgan fingerprint density at radius 1 is 1.71 bits per heavy atom. The summed E-state index contributed by atoms with van der Waals surface area (Å²) in [5.74, 6) is 0. The van der Waals surface area contributed by atoms with Crippen LogP contribution in [0.15, 0.2) is 18.7 Å². The van der Waals surface area contributed by atoms with E-state index in [1.165, 1.54) is 11.9 Å². The monoisotopic (exact) mass is 113 g/mol. The molecule has 0 bridgehead atoms. The van der Waals surface area contributed by atoms with Crippen LogP contribution < -0.4 is 0 Å². The predicted octanol–water partition coefficient (Wildman–Crippen LogP) is 1.17. The Morgan fingerprint density at radius 3 is 2.86 bits per heavy atom. The third-order valence-corrected chi connectivity index (χ3v) is 1.14. The van der Waals surface area contributed by atoms with Gasteiger partial charge in [0, 0.05) is 18.6 Å². The molecule has 1 radical (unpaired) electrons. The molecule has 0 N–H and O–H groups in total. The summed E-state index contributed by atoms with van der Waals surface area (Å²) in [4.78, 5) is 3.80. The Bertz CT molecular complexity index is 124. The lowest BCUT2D eigenvalue weighted by atomic mass is 11.0. The van der Waals surface area contributed by atoms with Crippen LogP contribution in [0.3, 0.4) is 0 Å². The van der Waals surface area contributed by atoms with Gasteiger partial charge in [-0.2, -0.15) is 0 Å². The topological polar surface area (TPSA) is 17.8 Å². The highest BCUT2D eigenvalue weighted by Crippen LogP contribution is 1.98. The van der Waals surface area contributed by atoms with Crippen molar-refractivity contribution in [2.45, 2.75) is 0 Å². The number of imidazole rings is 1. The van der Waals surface area contributed by atoms with Crippen molar-refractivity contribution in [2.75, 3.05) is 0 Å². The summed E-state index contributed by atoms with van der Waals surface area (Å²) in [6.07, 6.45) is 8.84. The summed E-state index contributed by atoms with van der Waals surface area (Å²) < 4.78 is 1.82. The van der Waals surface area contributed by atoms with Crippen LogP contribution >= 0.6 is 11.9 Å². The molecule has 1 aromatic heterocycles. The fraction of sp³-hybridized carbons (Fsp3) is 0. The van der Waals surface area contributed by atoms with Gasteiger partial charge >= 0.3 is 0 Å². The van der Waals surface area contributed by atoms with Crippen molar-refractivity contribution in [1.82, 2.24) is 8.96 Å². The highest BCUT2D eigenvalue weighted by atomic mass is 32.2. The van der Waals surface area contributed by atoms with E-state index in [1.54, 1.807) is 12.5 Å². The maximum atomic E-state index is 3.80. The summed E-state index contributed by atoms with van der Waals surface area (Å²) in [6.45, 7) is 0. The van der Waals surface area contributed by atoms with Crippen LogP contribution in [0.5, 0.6) is 0 Å². The fourth-order valence-electron chi connectivity index (χ4n) is 0.323. The molecule has 0 spiro atoms. The molecule has 7 heavy (non-hydrogen) atoms. The molecule has 0 saturated heterocycles. The van der Waals surface area contributed by atoms with Crippen molar-refractivity contribution >= 4 is 11.9 Å². The van der Waals surface area contributed by atoms with Crippen LogP contribution in [-0.4, -0.2) is 8.96 Å². The van der Waals surface area contributed by atoms with Gasteiger partial charge < -0.3 is 0 Å². The molecule has 0 unspecified atom stereocenters. The smallest absolute Gasteiger partial charge is 0.105 e. The van der Waals surface area contributed by atoms with Crippen LogP contribution in [0.25, 0.3) is 0 Å². The average Bonchev–Trinajstić information content (AvgIpc) is 2.14. The summed E-state index contributed by atoms with van der Waals surface area (Å²) in [5.41, 5.74) is 0. The van der Waals surface area contributed by atoms with E-state index in [9.17, 15) is 0 Å². The molecule has 0 aromatic carbocycles. The molecule has 1 rings (SSSR count). The molecule has 1 heterocycles. The van der Waals surface area contributed by atoms with Gasteiger partial charge in [0.15, 0.2) is 0 Å². The fourth-order valence-corrected chi connectivity index (χ4v) is 0.585. The van der Waals surface area contributed by atoms with Gasteiger partial charge in [0.25, 0.3) is 0 Å². The first-order valence-electron chi connectivity index (χ1n) is 1.84. The number of rotatable bonds is 1. The van der Waals surface area contributed by atoms with E-state index >= 15 is 0 Å². The molecule has 1 aromatic rings. The molecular formula is C4H5N2S. The Balaban J connectivity index is 2.76. The zero-order valence-electron chi connectivity index (χ0n) is 3.74.